The Labute approximate surface area is 159 Å². The number of carbonyl (C=O) groups excluding carboxylic acids is 1. The number of hydrogen-bond donors (Lipinski definition) is 0. The molecule has 1 aliphatic rings. The molecule has 0 amide bonds. The second-order valence-corrected chi connectivity index (χ2v) is 6.77. The average molecular weight is 364 g/mol. The van der Waals surface area contributed by atoms with Crippen molar-refractivity contribution < 1.29 is 14.3 Å². The lowest BCUT2D eigenvalue weighted by atomic mass is 10.0. The Balaban J connectivity index is 1.75. The minimum Gasteiger partial charge on any atom is -0.497 e. The van der Waals surface area contributed by atoms with Gasteiger partial charge in [-0.15, -0.1) is 0 Å². The molecule has 1 fully saturated rings. The second-order valence-electron chi connectivity index (χ2n) is 6.77. The van der Waals surface area contributed by atoms with E-state index < -0.39 is 0 Å². The molecular formula is C22H24N2O3. The van der Waals surface area contributed by atoms with Gasteiger partial charge in [0.25, 0.3) is 0 Å². The highest BCUT2D eigenvalue weighted by molar-refractivity contribution is 5.93. The number of ether oxygens (including phenoxy) is 2. The van der Waals surface area contributed by atoms with E-state index in [-0.39, 0.29) is 0 Å². The number of benzene rings is 2. The van der Waals surface area contributed by atoms with Gasteiger partial charge in [-0.25, -0.2) is 0 Å². The van der Waals surface area contributed by atoms with Gasteiger partial charge in [-0.1, -0.05) is 18.2 Å². The zero-order valence-electron chi connectivity index (χ0n) is 15.6. The maximum absolute atomic E-state index is 11.7. The third-order valence-corrected chi connectivity index (χ3v) is 5.22. The highest BCUT2D eigenvalue weighted by atomic mass is 16.5. The predicted molar refractivity (Wildman–Crippen MR) is 107 cm³/mol. The molecule has 0 spiro atoms. The van der Waals surface area contributed by atoms with Crippen LogP contribution in [0, 0.1) is 0 Å². The Morgan fingerprint density at radius 1 is 1.07 bits per heavy atom. The van der Waals surface area contributed by atoms with Crippen LogP contribution in [0.1, 0.15) is 10.4 Å². The molecule has 1 aliphatic heterocycles. The molecule has 0 aliphatic carbocycles. The maximum atomic E-state index is 11.7. The number of para-hydroxylation sites is 1. The molecule has 0 atom stereocenters. The molecule has 1 saturated heterocycles. The van der Waals surface area contributed by atoms with Crippen LogP contribution in [-0.2, 0) is 11.3 Å². The Bertz CT molecular complexity index is 942. The molecule has 0 saturated carbocycles. The van der Waals surface area contributed by atoms with E-state index >= 15 is 0 Å². The average Bonchev–Trinajstić information content (AvgIpc) is 3.10. The summed E-state index contributed by atoms with van der Waals surface area (Å²) >= 11 is 0. The Hall–Kier alpha value is -2.63. The number of aldehydes is 1. The van der Waals surface area contributed by atoms with E-state index in [2.05, 4.69) is 33.7 Å². The molecule has 140 valence electrons. The van der Waals surface area contributed by atoms with Crippen molar-refractivity contribution in [1.82, 2.24) is 9.47 Å². The fraction of sp³-hybridized carbons (Fsp3) is 0.318. The zero-order chi connectivity index (χ0) is 18.6. The van der Waals surface area contributed by atoms with E-state index in [9.17, 15) is 4.79 Å². The zero-order valence-corrected chi connectivity index (χ0v) is 15.6. The topological polar surface area (TPSA) is 43.7 Å². The van der Waals surface area contributed by atoms with Gasteiger partial charge in [-0.3, -0.25) is 9.69 Å². The molecule has 5 nitrogen and oxygen atoms in total. The number of rotatable bonds is 6. The van der Waals surface area contributed by atoms with Gasteiger partial charge in [0.15, 0.2) is 6.29 Å². The van der Waals surface area contributed by atoms with Gasteiger partial charge in [-0.2, -0.15) is 0 Å². The van der Waals surface area contributed by atoms with Gasteiger partial charge in [0.2, 0.25) is 0 Å². The van der Waals surface area contributed by atoms with Gasteiger partial charge in [0, 0.05) is 53.9 Å². The summed E-state index contributed by atoms with van der Waals surface area (Å²) in [5, 5.41) is 1.18. The molecule has 1 aromatic heterocycles. The highest BCUT2D eigenvalue weighted by Crippen LogP contribution is 2.32. The first-order valence-corrected chi connectivity index (χ1v) is 9.32. The summed E-state index contributed by atoms with van der Waals surface area (Å²) in [5.74, 6) is 0.692. The summed E-state index contributed by atoms with van der Waals surface area (Å²) in [6.45, 7) is 5.36. The van der Waals surface area contributed by atoms with Crippen LogP contribution in [0.2, 0.25) is 0 Å². The van der Waals surface area contributed by atoms with Crippen molar-refractivity contribution in [2.75, 3.05) is 40.0 Å². The Morgan fingerprint density at radius 2 is 1.89 bits per heavy atom. The Kier molecular flexibility index (Phi) is 5.23. The van der Waals surface area contributed by atoms with Crippen LogP contribution in [0.15, 0.2) is 48.5 Å². The lowest BCUT2D eigenvalue weighted by Crippen LogP contribution is -2.38. The van der Waals surface area contributed by atoms with Crippen LogP contribution in [0.3, 0.4) is 0 Å². The normalized spacial score (nSPS) is 15.1. The summed E-state index contributed by atoms with van der Waals surface area (Å²) in [4.78, 5) is 14.1. The van der Waals surface area contributed by atoms with E-state index in [0.29, 0.717) is 11.3 Å². The minimum atomic E-state index is 0.643. The number of fused-ring (bicyclic) bond motifs is 1. The smallest absolute Gasteiger partial charge is 0.150 e. The van der Waals surface area contributed by atoms with E-state index in [1.165, 1.54) is 10.9 Å². The first-order chi connectivity index (χ1) is 13.3. The van der Waals surface area contributed by atoms with Crippen LogP contribution in [0.25, 0.3) is 22.2 Å². The van der Waals surface area contributed by atoms with E-state index in [0.717, 1.165) is 56.9 Å². The van der Waals surface area contributed by atoms with E-state index in [1.807, 2.05) is 18.2 Å². The molecule has 0 bridgehead atoms. The van der Waals surface area contributed by atoms with Gasteiger partial charge in [-0.05, 0) is 30.3 Å². The molecule has 2 heterocycles. The van der Waals surface area contributed by atoms with Gasteiger partial charge >= 0.3 is 0 Å². The van der Waals surface area contributed by atoms with Crippen molar-refractivity contribution in [3.8, 4) is 17.0 Å². The van der Waals surface area contributed by atoms with Crippen LogP contribution < -0.4 is 4.74 Å². The standard InChI is InChI=1S/C22H24N2O3/c1-26-19-6-7-20(18(14-19)16-25)22-15-17-4-2-3-5-21(17)24(22)9-8-23-10-12-27-13-11-23/h2-7,14-16H,8-13H2,1H3. The molecule has 3 aromatic rings. The summed E-state index contributed by atoms with van der Waals surface area (Å²) in [6.07, 6.45) is 0.905. The predicted octanol–water partition coefficient (Wildman–Crippen LogP) is 3.46. The molecule has 0 radical (unpaired) electrons. The fourth-order valence-corrected chi connectivity index (χ4v) is 3.74. The fourth-order valence-electron chi connectivity index (χ4n) is 3.74. The summed E-state index contributed by atoms with van der Waals surface area (Å²) in [5.41, 5.74) is 3.83. The van der Waals surface area contributed by atoms with Crippen LogP contribution in [-0.4, -0.2) is 55.7 Å². The van der Waals surface area contributed by atoms with Crippen molar-refractivity contribution in [2.24, 2.45) is 0 Å². The first-order valence-electron chi connectivity index (χ1n) is 9.32. The largest absolute Gasteiger partial charge is 0.497 e. The third kappa shape index (κ3) is 3.61. The molecule has 0 N–H and O–H groups in total. The van der Waals surface area contributed by atoms with E-state index in [4.69, 9.17) is 9.47 Å². The summed E-state index contributed by atoms with van der Waals surface area (Å²) < 4.78 is 13.1. The molecular weight excluding hydrogens is 340 g/mol. The first kappa shape index (κ1) is 17.8. The van der Waals surface area contributed by atoms with Crippen molar-refractivity contribution >= 4 is 17.2 Å². The quantitative estimate of drug-likeness (QED) is 0.628. The number of morpholine rings is 1. The Morgan fingerprint density at radius 3 is 2.67 bits per heavy atom. The number of aromatic nitrogens is 1. The number of carbonyl (C=O) groups is 1. The lowest BCUT2D eigenvalue weighted by Gasteiger charge is -2.27. The monoisotopic (exact) mass is 364 g/mol. The summed E-state index contributed by atoms with van der Waals surface area (Å²) in [7, 11) is 1.61. The maximum Gasteiger partial charge on any atom is 0.150 e. The minimum absolute atomic E-state index is 0.643. The van der Waals surface area contributed by atoms with Crippen molar-refractivity contribution in [3.05, 3.63) is 54.1 Å². The molecule has 0 unspecified atom stereocenters. The van der Waals surface area contributed by atoms with Gasteiger partial charge in [0.1, 0.15) is 5.75 Å². The number of nitrogens with zero attached hydrogens (tertiary/aromatic N) is 2. The van der Waals surface area contributed by atoms with E-state index in [1.54, 1.807) is 13.2 Å². The van der Waals surface area contributed by atoms with Crippen LogP contribution >= 0.6 is 0 Å². The molecule has 2 aromatic carbocycles. The lowest BCUT2D eigenvalue weighted by molar-refractivity contribution is 0.0366. The van der Waals surface area contributed by atoms with Crippen LogP contribution in [0.5, 0.6) is 5.75 Å². The molecule has 4 rings (SSSR count). The van der Waals surface area contributed by atoms with Crippen molar-refractivity contribution in [1.29, 1.82) is 0 Å². The van der Waals surface area contributed by atoms with Crippen LogP contribution in [0.4, 0.5) is 0 Å². The molecule has 27 heavy (non-hydrogen) atoms. The highest BCUT2D eigenvalue weighted by Gasteiger charge is 2.16. The van der Waals surface area contributed by atoms with Gasteiger partial charge in [0.05, 0.1) is 20.3 Å². The summed E-state index contributed by atoms with van der Waals surface area (Å²) in [6, 6.07) is 16.2. The SMILES string of the molecule is COc1ccc(-c2cc3ccccc3n2CCN2CCOCC2)c(C=O)c1. The van der Waals surface area contributed by atoms with Gasteiger partial charge < -0.3 is 14.0 Å². The second kappa shape index (κ2) is 7.94. The van der Waals surface area contributed by atoms with Crippen molar-refractivity contribution in [2.45, 2.75) is 6.54 Å². The third-order valence-electron chi connectivity index (χ3n) is 5.22. The van der Waals surface area contributed by atoms with Crippen molar-refractivity contribution in [3.63, 3.8) is 0 Å². The number of methoxy groups -OCH3 is 1. The number of hydrogen-bond acceptors (Lipinski definition) is 4. The molecule has 5 heteroatoms.